The highest BCUT2D eigenvalue weighted by atomic mass is 15.3. The highest BCUT2D eigenvalue weighted by Crippen LogP contribution is 2.23. The van der Waals surface area contributed by atoms with Gasteiger partial charge in [0.25, 0.3) is 0 Å². The predicted molar refractivity (Wildman–Crippen MR) is 81.8 cm³/mol. The molecule has 4 nitrogen and oxygen atoms in total. The fourth-order valence-corrected chi connectivity index (χ4v) is 3.54. The van der Waals surface area contributed by atoms with Gasteiger partial charge in [-0.05, 0) is 50.3 Å². The Labute approximate surface area is 122 Å². The van der Waals surface area contributed by atoms with Crippen molar-refractivity contribution in [3.8, 4) is 0 Å². The predicted octanol–water partition coefficient (Wildman–Crippen LogP) is 2.62. The summed E-state index contributed by atoms with van der Waals surface area (Å²) in [5.74, 6) is 1.94. The van der Waals surface area contributed by atoms with E-state index in [2.05, 4.69) is 26.5 Å². The Hall–Kier alpha value is -1.16. The Morgan fingerprint density at radius 3 is 2.85 bits per heavy atom. The summed E-state index contributed by atoms with van der Waals surface area (Å²) in [4.78, 5) is 2.37. The van der Waals surface area contributed by atoms with Gasteiger partial charge in [0.05, 0.1) is 0 Å². The van der Waals surface area contributed by atoms with Crippen molar-refractivity contribution in [2.45, 2.75) is 51.0 Å². The van der Waals surface area contributed by atoms with Crippen molar-refractivity contribution in [3.63, 3.8) is 0 Å². The number of nitrogens with one attached hydrogen (secondary N) is 1. The second kappa shape index (κ2) is 7.02. The SMILES string of the molecule is c1cnnc(N2CCCC(NCC3CCCCC3)C2)c1. The molecule has 2 fully saturated rings. The normalized spacial score (nSPS) is 24.8. The molecule has 0 amide bonds. The van der Waals surface area contributed by atoms with Crippen LogP contribution in [0.4, 0.5) is 5.82 Å². The summed E-state index contributed by atoms with van der Waals surface area (Å²) in [6.45, 7) is 3.39. The molecule has 1 saturated heterocycles. The van der Waals surface area contributed by atoms with Crippen molar-refractivity contribution < 1.29 is 0 Å². The molecule has 110 valence electrons. The molecular weight excluding hydrogens is 248 g/mol. The first kappa shape index (κ1) is 13.8. The van der Waals surface area contributed by atoms with E-state index in [0.717, 1.165) is 24.8 Å². The molecule has 1 aliphatic heterocycles. The molecule has 1 saturated carbocycles. The summed E-state index contributed by atoms with van der Waals surface area (Å²) in [5.41, 5.74) is 0. The molecule has 0 aromatic carbocycles. The lowest BCUT2D eigenvalue weighted by Crippen LogP contribution is -2.47. The minimum atomic E-state index is 0.618. The third-order valence-corrected chi connectivity index (χ3v) is 4.72. The van der Waals surface area contributed by atoms with Crippen LogP contribution in [0, 0.1) is 5.92 Å². The van der Waals surface area contributed by atoms with Crippen molar-refractivity contribution in [1.29, 1.82) is 0 Å². The highest BCUT2D eigenvalue weighted by Gasteiger charge is 2.22. The van der Waals surface area contributed by atoms with Crippen molar-refractivity contribution in [1.82, 2.24) is 15.5 Å². The summed E-state index contributed by atoms with van der Waals surface area (Å²) in [7, 11) is 0. The van der Waals surface area contributed by atoms with E-state index in [1.165, 1.54) is 51.5 Å². The quantitative estimate of drug-likeness (QED) is 0.916. The molecule has 1 aromatic heterocycles. The lowest BCUT2D eigenvalue weighted by atomic mass is 9.89. The molecular formula is C16H26N4. The third kappa shape index (κ3) is 3.69. The molecule has 1 unspecified atom stereocenters. The van der Waals surface area contributed by atoms with Crippen LogP contribution in [0.1, 0.15) is 44.9 Å². The van der Waals surface area contributed by atoms with E-state index in [1.54, 1.807) is 6.20 Å². The fraction of sp³-hybridized carbons (Fsp3) is 0.750. The van der Waals surface area contributed by atoms with Gasteiger partial charge in [-0.15, -0.1) is 5.10 Å². The minimum Gasteiger partial charge on any atom is -0.354 e. The summed E-state index contributed by atoms with van der Waals surface area (Å²) in [5, 5.41) is 12.0. The molecule has 2 aliphatic rings. The number of anilines is 1. The zero-order valence-electron chi connectivity index (χ0n) is 12.3. The molecule has 3 rings (SSSR count). The number of aromatic nitrogens is 2. The highest BCUT2D eigenvalue weighted by molar-refractivity contribution is 5.37. The van der Waals surface area contributed by atoms with E-state index >= 15 is 0 Å². The van der Waals surface area contributed by atoms with Crippen molar-refractivity contribution in [2.24, 2.45) is 5.92 Å². The Morgan fingerprint density at radius 2 is 2.05 bits per heavy atom. The summed E-state index contributed by atoms with van der Waals surface area (Å²) in [6, 6.07) is 4.66. The van der Waals surface area contributed by atoms with Gasteiger partial charge in [-0.25, -0.2) is 0 Å². The number of hydrogen-bond acceptors (Lipinski definition) is 4. The first-order valence-electron chi connectivity index (χ1n) is 8.18. The van der Waals surface area contributed by atoms with Crippen LogP contribution in [-0.4, -0.2) is 35.9 Å². The maximum atomic E-state index is 4.23. The van der Waals surface area contributed by atoms with E-state index in [0.29, 0.717) is 6.04 Å². The van der Waals surface area contributed by atoms with Crippen molar-refractivity contribution in [3.05, 3.63) is 18.3 Å². The maximum Gasteiger partial charge on any atom is 0.151 e. The molecule has 20 heavy (non-hydrogen) atoms. The van der Waals surface area contributed by atoms with Crippen LogP contribution in [0.25, 0.3) is 0 Å². The third-order valence-electron chi connectivity index (χ3n) is 4.72. The molecule has 1 N–H and O–H groups in total. The van der Waals surface area contributed by atoms with Gasteiger partial charge < -0.3 is 10.2 Å². The smallest absolute Gasteiger partial charge is 0.151 e. The van der Waals surface area contributed by atoms with Crippen molar-refractivity contribution in [2.75, 3.05) is 24.5 Å². The average molecular weight is 274 g/mol. The van der Waals surface area contributed by atoms with Crippen molar-refractivity contribution >= 4 is 5.82 Å². The Bertz CT molecular complexity index is 389. The van der Waals surface area contributed by atoms with Gasteiger partial charge in [-0.3, -0.25) is 0 Å². The van der Waals surface area contributed by atoms with E-state index < -0.39 is 0 Å². The fourth-order valence-electron chi connectivity index (χ4n) is 3.54. The van der Waals surface area contributed by atoms with Crippen LogP contribution in [0.3, 0.4) is 0 Å². The van der Waals surface area contributed by atoms with E-state index in [1.807, 2.05) is 6.07 Å². The van der Waals surface area contributed by atoms with Crippen LogP contribution in [0.5, 0.6) is 0 Å². The second-order valence-corrected chi connectivity index (χ2v) is 6.28. The van der Waals surface area contributed by atoms with Crippen LogP contribution < -0.4 is 10.2 Å². The van der Waals surface area contributed by atoms with Crippen LogP contribution in [-0.2, 0) is 0 Å². The molecule has 1 atom stereocenters. The van der Waals surface area contributed by atoms with Gasteiger partial charge in [-0.1, -0.05) is 19.3 Å². The van der Waals surface area contributed by atoms with E-state index in [9.17, 15) is 0 Å². The summed E-state index contributed by atoms with van der Waals surface area (Å²) < 4.78 is 0. The topological polar surface area (TPSA) is 41.1 Å². The van der Waals surface area contributed by atoms with Gasteiger partial charge in [0.15, 0.2) is 5.82 Å². The largest absolute Gasteiger partial charge is 0.354 e. The zero-order chi connectivity index (χ0) is 13.6. The first-order valence-corrected chi connectivity index (χ1v) is 8.18. The Balaban J connectivity index is 1.48. The van der Waals surface area contributed by atoms with Gasteiger partial charge in [0.1, 0.15) is 0 Å². The molecule has 0 bridgehead atoms. The molecule has 4 heteroatoms. The zero-order valence-corrected chi connectivity index (χ0v) is 12.3. The maximum absolute atomic E-state index is 4.23. The molecule has 1 aromatic rings. The first-order chi connectivity index (χ1) is 9.92. The van der Waals surface area contributed by atoms with Gasteiger partial charge >= 0.3 is 0 Å². The summed E-state index contributed by atoms with van der Waals surface area (Å²) >= 11 is 0. The Morgan fingerprint density at radius 1 is 1.15 bits per heavy atom. The lowest BCUT2D eigenvalue weighted by Gasteiger charge is -2.35. The molecule has 2 heterocycles. The Kier molecular flexibility index (Phi) is 4.85. The number of rotatable bonds is 4. The number of hydrogen-bond donors (Lipinski definition) is 1. The van der Waals surface area contributed by atoms with Crippen LogP contribution in [0.2, 0.25) is 0 Å². The minimum absolute atomic E-state index is 0.618. The molecule has 0 spiro atoms. The second-order valence-electron chi connectivity index (χ2n) is 6.28. The van der Waals surface area contributed by atoms with Gasteiger partial charge in [0, 0.05) is 25.3 Å². The van der Waals surface area contributed by atoms with Gasteiger partial charge in [-0.2, -0.15) is 5.10 Å². The van der Waals surface area contributed by atoms with E-state index in [4.69, 9.17) is 0 Å². The molecule has 0 radical (unpaired) electrons. The summed E-state index contributed by atoms with van der Waals surface area (Å²) in [6.07, 6.45) is 11.4. The van der Waals surface area contributed by atoms with Crippen LogP contribution in [0.15, 0.2) is 18.3 Å². The average Bonchev–Trinajstić information content (AvgIpc) is 2.55. The van der Waals surface area contributed by atoms with E-state index in [-0.39, 0.29) is 0 Å². The molecule has 1 aliphatic carbocycles. The van der Waals surface area contributed by atoms with Crippen LogP contribution >= 0.6 is 0 Å². The number of piperidine rings is 1. The monoisotopic (exact) mass is 274 g/mol. The lowest BCUT2D eigenvalue weighted by molar-refractivity contribution is 0.314. The standard InChI is InChI=1S/C16H26N4/c1-2-6-14(7-3-1)12-17-15-8-5-11-20(13-15)16-9-4-10-18-19-16/h4,9-10,14-15,17H,1-3,5-8,11-13H2. The van der Waals surface area contributed by atoms with Gasteiger partial charge in [0.2, 0.25) is 0 Å². The number of nitrogens with zero attached hydrogens (tertiary/aromatic N) is 3.